The second-order valence-electron chi connectivity index (χ2n) is 4.28. The number of hydrogen-bond acceptors (Lipinski definition) is 1. The first-order chi connectivity index (χ1) is 8.99. The SMILES string of the molecule is Cc1ccc(C(=O)Cc2cccc(F)c2Cl)cc1Cl. The zero-order valence-electron chi connectivity index (χ0n) is 10.2. The zero-order valence-corrected chi connectivity index (χ0v) is 11.7. The van der Waals surface area contributed by atoms with Gasteiger partial charge in [0, 0.05) is 17.0 Å². The summed E-state index contributed by atoms with van der Waals surface area (Å²) in [7, 11) is 0. The number of Topliss-reactive ketones (excluding diaryl/α,β-unsaturated/α-hetero) is 1. The second-order valence-corrected chi connectivity index (χ2v) is 5.06. The van der Waals surface area contributed by atoms with Crippen molar-refractivity contribution in [3.05, 3.63) is 69.0 Å². The fourth-order valence-electron chi connectivity index (χ4n) is 1.73. The van der Waals surface area contributed by atoms with Gasteiger partial charge >= 0.3 is 0 Å². The smallest absolute Gasteiger partial charge is 0.167 e. The van der Waals surface area contributed by atoms with E-state index in [1.54, 1.807) is 24.3 Å². The average molecular weight is 297 g/mol. The number of ketones is 1. The molecule has 0 amide bonds. The van der Waals surface area contributed by atoms with Gasteiger partial charge in [-0.15, -0.1) is 0 Å². The summed E-state index contributed by atoms with van der Waals surface area (Å²) in [6, 6.07) is 9.54. The van der Waals surface area contributed by atoms with Gasteiger partial charge in [0.1, 0.15) is 5.82 Å². The van der Waals surface area contributed by atoms with Crippen LogP contribution in [-0.4, -0.2) is 5.78 Å². The molecule has 0 bridgehead atoms. The standard InChI is InChI=1S/C15H11Cl2FO/c1-9-5-6-10(7-12(9)16)14(19)8-11-3-2-4-13(18)15(11)17/h2-7H,8H2,1H3. The van der Waals surface area contributed by atoms with E-state index < -0.39 is 5.82 Å². The van der Waals surface area contributed by atoms with Crippen LogP contribution >= 0.6 is 23.2 Å². The highest BCUT2D eigenvalue weighted by Gasteiger charge is 2.12. The van der Waals surface area contributed by atoms with Crippen LogP contribution in [0.2, 0.25) is 10.0 Å². The molecule has 0 unspecified atom stereocenters. The van der Waals surface area contributed by atoms with Gasteiger partial charge < -0.3 is 0 Å². The highest BCUT2D eigenvalue weighted by Crippen LogP contribution is 2.22. The number of benzene rings is 2. The van der Waals surface area contributed by atoms with E-state index in [0.29, 0.717) is 16.1 Å². The van der Waals surface area contributed by atoms with Crippen molar-refractivity contribution in [1.29, 1.82) is 0 Å². The van der Waals surface area contributed by atoms with Crippen LogP contribution in [0.1, 0.15) is 21.5 Å². The van der Waals surface area contributed by atoms with E-state index in [0.717, 1.165) is 5.56 Å². The summed E-state index contributed by atoms with van der Waals surface area (Å²) in [5.74, 6) is -0.664. The molecule has 2 aromatic rings. The molecule has 1 nitrogen and oxygen atoms in total. The summed E-state index contributed by atoms with van der Waals surface area (Å²) < 4.78 is 13.3. The number of carbonyl (C=O) groups excluding carboxylic acids is 1. The number of halogens is 3. The summed E-state index contributed by atoms with van der Waals surface area (Å²) in [6.45, 7) is 1.86. The fraction of sp³-hybridized carbons (Fsp3) is 0.133. The zero-order chi connectivity index (χ0) is 14.0. The highest BCUT2D eigenvalue weighted by molar-refractivity contribution is 6.32. The second kappa shape index (κ2) is 5.72. The molecule has 0 saturated heterocycles. The maximum Gasteiger partial charge on any atom is 0.167 e. The van der Waals surface area contributed by atoms with Gasteiger partial charge in [-0.2, -0.15) is 0 Å². The summed E-state index contributed by atoms with van der Waals surface area (Å²) >= 11 is 11.8. The molecule has 19 heavy (non-hydrogen) atoms. The number of hydrogen-bond donors (Lipinski definition) is 0. The van der Waals surface area contributed by atoms with Crippen molar-refractivity contribution >= 4 is 29.0 Å². The number of rotatable bonds is 3. The minimum absolute atomic E-state index is 0.00550. The Kier molecular flexibility index (Phi) is 4.23. The van der Waals surface area contributed by atoms with E-state index in [1.807, 2.05) is 6.92 Å². The van der Waals surface area contributed by atoms with Crippen molar-refractivity contribution in [1.82, 2.24) is 0 Å². The Balaban J connectivity index is 2.26. The normalized spacial score (nSPS) is 10.5. The maximum atomic E-state index is 13.3. The lowest BCUT2D eigenvalue weighted by Crippen LogP contribution is -2.04. The third-order valence-corrected chi connectivity index (χ3v) is 3.71. The van der Waals surface area contributed by atoms with Crippen LogP contribution in [0.25, 0.3) is 0 Å². The molecule has 0 fully saturated rings. The molecule has 0 aliphatic carbocycles. The minimum Gasteiger partial charge on any atom is -0.294 e. The van der Waals surface area contributed by atoms with Gasteiger partial charge in [0.15, 0.2) is 5.78 Å². The van der Waals surface area contributed by atoms with Crippen LogP contribution < -0.4 is 0 Å². The first kappa shape index (κ1) is 14.0. The number of aryl methyl sites for hydroxylation is 1. The molecule has 0 spiro atoms. The third kappa shape index (κ3) is 3.14. The summed E-state index contributed by atoms with van der Waals surface area (Å²) in [4.78, 5) is 12.1. The molecular formula is C15H11Cl2FO. The minimum atomic E-state index is -0.520. The van der Waals surface area contributed by atoms with Gasteiger partial charge in [0.25, 0.3) is 0 Å². The Morgan fingerprint density at radius 1 is 1.21 bits per heavy atom. The highest BCUT2D eigenvalue weighted by atomic mass is 35.5. The van der Waals surface area contributed by atoms with Crippen molar-refractivity contribution in [2.45, 2.75) is 13.3 Å². The molecule has 0 saturated carbocycles. The Morgan fingerprint density at radius 2 is 1.95 bits per heavy atom. The predicted octanol–water partition coefficient (Wildman–Crippen LogP) is 4.87. The van der Waals surface area contributed by atoms with E-state index in [9.17, 15) is 9.18 Å². The lowest BCUT2D eigenvalue weighted by atomic mass is 10.0. The Labute approximate surface area is 121 Å². The average Bonchev–Trinajstić information content (AvgIpc) is 2.38. The Bertz CT molecular complexity index is 638. The van der Waals surface area contributed by atoms with E-state index >= 15 is 0 Å². The van der Waals surface area contributed by atoms with Gasteiger partial charge in [-0.25, -0.2) is 4.39 Å². The lowest BCUT2D eigenvalue weighted by Gasteiger charge is -2.06. The van der Waals surface area contributed by atoms with Crippen molar-refractivity contribution in [3.63, 3.8) is 0 Å². The largest absolute Gasteiger partial charge is 0.294 e. The molecule has 0 aliphatic heterocycles. The van der Waals surface area contributed by atoms with E-state index in [4.69, 9.17) is 23.2 Å². The van der Waals surface area contributed by atoms with E-state index in [-0.39, 0.29) is 17.2 Å². The molecule has 2 rings (SSSR count). The molecule has 0 aliphatic rings. The quantitative estimate of drug-likeness (QED) is 0.739. The molecule has 0 aromatic heterocycles. The first-order valence-corrected chi connectivity index (χ1v) is 6.47. The van der Waals surface area contributed by atoms with Crippen LogP contribution in [0.4, 0.5) is 4.39 Å². The van der Waals surface area contributed by atoms with Gasteiger partial charge in [0.2, 0.25) is 0 Å². The summed E-state index contributed by atoms with van der Waals surface area (Å²) in [5.41, 5.74) is 1.88. The monoisotopic (exact) mass is 296 g/mol. The molecule has 0 atom stereocenters. The lowest BCUT2D eigenvalue weighted by molar-refractivity contribution is 0.0993. The Hall–Kier alpha value is -1.38. The number of carbonyl (C=O) groups is 1. The molecule has 98 valence electrons. The van der Waals surface area contributed by atoms with Crippen LogP contribution in [0.15, 0.2) is 36.4 Å². The van der Waals surface area contributed by atoms with Crippen LogP contribution in [-0.2, 0) is 6.42 Å². The van der Waals surface area contributed by atoms with Gasteiger partial charge in [0.05, 0.1) is 5.02 Å². The van der Waals surface area contributed by atoms with Crippen LogP contribution in [0, 0.1) is 12.7 Å². The van der Waals surface area contributed by atoms with Gasteiger partial charge in [-0.1, -0.05) is 47.5 Å². The molecule has 4 heteroatoms. The summed E-state index contributed by atoms with van der Waals surface area (Å²) in [5, 5.41) is 0.533. The fourth-order valence-corrected chi connectivity index (χ4v) is 2.10. The third-order valence-electron chi connectivity index (χ3n) is 2.88. The van der Waals surface area contributed by atoms with Crippen LogP contribution in [0.5, 0.6) is 0 Å². The summed E-state index contributed by atoms with van der Waals surface area (Å²) in [6.07, 6.45) is 0.0516. The molecule has 0 heterocycles. The van der Waals surface area contributed by atoms with Crippen LogP contribution in [0.3, 0.4) is 0 Å². The van der Waals surface area contributed by atoms with E-state index in [1.165, 1.54) is 12.1 Å². The molecule has 2 aromatic carbocycles. The first-order valence-electron chi connectivity index (χ1n) is 5.71. The maximum absolute atomic E-state index is 13.3. The van der Waals surface area contributed by atoms with E-state index in [2.05, 4.69) is 0 Å². The van der Waals surface area contributed by atoms with Gasteiger partial charge in [-0.3, -0.25) is 4.79 Å². The van der Waals surface area contributed by atoms with Crippen molar-refractivity contribution in [2.24, 2.45) is 0 Å². The Morgan fingerprint density at radius 3 is 2.63 bits per heavy atom. The molecular weight excluding hydrogens is 286 g/mol. The predicted molar refractivity (Wildman–Crippen MR) is 75.6 cm³/mol. The van der Waals surface area contributed by atoms with Crippen molar-refractivity contribution in [3.8, 4) is 0 Å². The molecule has 0 radical (unpaired) electrons. The van der Waals surface area contributed by atoms with Crippen molar-refractivity contribution in [2.75, 3.05) is 0 Å². The van der Waals surface area contributed by atoms with Gasteiger partial charge in [-0.05, 0) is 30.2 Å². The topological polar surface area (TPSA) is 17.1 Å². The molecule has 0 N–H and O–H groups in total. The van der Waals surface area contributed by atoms with Crippen molar-refractivity contribution < 1.29 is 9.18 Å².